The van der Waals surface area contributed by atoms with Crippen molar-refractivity contribution in [2.24, 2.45) is 11.8 Å². The number of carbonyl (C=O) groups excluding carboxylic acids is 1. The highest BCUT2D eigenvalue weighted by molar-refractivity contribution is 6.04. The van der Waals surface area contributed by atoms with Crippen molar-refractivity contribution >= 4 is 11.5 Å². The van der Waals surface area contributed by atoms with Crippen LogP contribution in [0.1, 0.15) is 66.7 Å². The van der Waals surface area contributed by atoms with Crippen LogP contribution in [0.4, 0.5) is 8.78 Å². The first-order chi connectivity index (χ1) is 16.0. The smallest absolute Gasteiger partial charge is 0.163 e. The molecule has 1 heterocycles. The van der Waals surface area contributed by atoms with Crippen LogP contribution in [-0.4, -0.2) is 10.9 Å². The average Bonchev–Trinajstić information content (AvgIpc) is 3.71. The highest BCUT2D eigenvalue weighted by atomic mass is 19.1. The Morgan fingerprint density at radius 3 is 2.61 bits per heavy atom. The van der Waals surface area contributed by atoms with Crippen LogP contribution in [0, 0.1) is 30.4 Å². The van der Waals surface area contributed by atoms with Crippen LogP contribution >= 0.6 is 0 Å². The second-order valence-electron chi connectivity index (χ2n) is 9.93. The fourth-order valence-electron chi connectivity index (χ4n) is 5.72. The van der Waals surface area contributed by atoms with Crippen LogP contribution in [0.5, 0.6) is 0 Å². The minimum Gasteiger partial charge on any atom is -0.464 e. The zero-order chi connectivity index (χ0) is 22.9. The van der Waals surface area contributed by atoms with Crippen LogP contribution in [0.25, 0.3) is 16.9 Å². The normalized spacial score (nSPS) is 23.6. The molecule has 2 atom stereocenters. The molecule has 0 amide bonds. The van der Waals surface area contributed by atoms with Gasteiger partial charge in [-0.15, -0.1) is 0 Å². The lowest BCUT2D eigenvalue weighted by Crippen LogP contribution is -2.18. The van der Waals surface area contributed by atoms with Crippen LogP contribution < -0.4 is 0 Å². The van der Waals surface area contributed by atoms with Gasteiger partial charge in [0.2, 0.25) is 0 Å². The van der Waals surface area contributed by atoms with Gasteiger partial charge >= 0.3 is 0 Å². The SMILES string of the molecule is Cc1c(-c2cc(F)c(CO)cc2F)ccc2c1C(CC1CC1)CCC(=O)C1=C2OC=C2CC21. The van der Waals surface area contributed by atoms with Crippen molar-refractivity contribution in [2.75, 3.05) is 0 Å². The van der Waals surface area contributed by atoms with E-state index in [0.717, 1.165) is 47.6 Å². The Morgan fingerprint density at radius 2 is 1.85 bits per heavy atom. The van der Waals surface area contributed by atoms with E-state index < -0.39 is 18.2 Å². The minimum absolute atomic E-state index is 0.0531. The molecular weight excluding hydrogens is 422 g/mol. The Labute approximate surface area is 191 Å². The number of halogens is 2. The number of aliphatic hydroxyl groups excluding tert-OH is 1. The fraction of sp³-hybridized carbons (Fsp3) is 0.393. The van der Waals surface area contributed by atoms with Gasteiger partial charge in [-0.3, -0.25) is 4.79 Å². The molecule has 2 saturated carbocycles. The zero-order valence-electron chi connectivity index (χ0n) is 18.6. The number of rotatable bonds is 4. The lowest BCUT2D eigenvalue weighted by Gasteiger charge is -2.29. The number of hydrogen-bond acceptors (Lipinski definition) is 3. The molecule has 0 bridgehead atoms. The van der Waals surface area contributed by atoms with E-state index in [-0.39, 0.29) is 28.7 Å². The van der Waals surface area contributed by atoms with E-state index in [1.165, 1.54) is 24.5 Å². The Hall–Kier alpha value is -2.79. The Kier molecular flexibility index (Phi) is 4.80. The highest BCUT2D eigenvalue weighted by Gasteiger charge is 2.44. The molecule has 0 spiro atoms. The fourth-order valence-corrected chi connectivity index (χ4v) is 5.72. The van der Waals surface area contributed by atoms with Crippen molar-refractivity contribution in [2.45, 2.75) is 58.0 Å². The van der Waals surface area contributed by atoms with Crippen LogP contribution in [-0.2, 0) is 16.1 Å². The monoisotopic (exact) mass is 448 g/mol. The number of ether oxygens (including phenoxy) is 1. The number of carbonyl (C=O) groups is 1. The van der Waals surface area contributed by atoms with Gasteiger partial charge < -0.3 is 9.84 Å². The van der Waals surface area contributed by atoms with Crippen molar-refractivity contribution in [1.29, 1.82) is 0 Å². The maximum atomic E-state index is 15.0. The first-order valence-electron chi connectivity index (χ1n) is 11.8. The van der Waals surface area contributed by atoms with Crippen LogP contribution in [0.15, 0.2) is 41.7 Å². The molecule has 2 aromatic carbocycles. The number of allylic oxidation sites excluding steroid dienone is 2. The van der Waals surface area contributed by atoms with Crippen molar-refractivity contribution in [3.8, 4) is 11.1 Å². The second-order valence-corrected chi connectivity index (χ2v) is 9.93. The molecule has 1 N–H and O–H groups in total. The molecule has 6 rings (SSSR count). The molecule has 0 radical (unpaired) electrons. The third-order valence-corrected chi connectivity index (χ3v) is 7.75. The molecule has 1 aliphatic heterocycles. The summed E-state index contributed by atoms with van der Waals surface area (Å²) < 4.78 is 35.5. The lowest BCUT2D eigenvalue weighted by molar-refractivity contribution is -0.116. The van der Waals surface area contributed by atoms with Gasteiger partial charge in [-0.2, -0.15) is 0 Å². The summed E-state index contributed by atoms with van der Waals surface area (Å²) in [6.45, 7) is 1.42. The van der Waals surface area contributed by atoms with Gasteiger partial charge in [0, 0.05) is 34.6 Å². The molecule has 170 valence electrons. The number of ketones is 1. The Balaban J connectivity index is 1.55. The maximum absolute atomic E-state index is 15.0. The second kappa shape index (κ2) is 7.63. The lowest BCUT2D eigenvalue weighted by atomic mass is 9.77. The molecule has 2 unspecified atom stereocenters. The predicted molar refractivity (Wildman–Crippen MR) is 121 cm³/mol. The molecule has 33 heavy (non-hydrogen) atoms. The van der Waals surface area contributed by atoms with E-state index in [4.69, 9.17) is 4.74 Å². The van der Waals surface area contributed by atoms with E-state index in [1.54, 1.807) is 6.26 Å². The first kappa shape index (κ1) is 20.8. The van der Waals surface area contributed by atoms with Gasteiger partial charge in [0.1, 0.15) is 17.4 Å². The summed E-state index contributed by atoms with van der Waals surface area (Å²) in [5.41, 5.74) is 5.66. The number of aliphatic hydroxyl groups is 1. The topological polar surface area (TPSA) is 46.5 Å². The summed E-state index contributed by atoms with van der Waals surface area (Å²) in [4.78, 5) is 13.1. The molecule has 3 aliphatic carbocycles. The van der Waals surface area contributed by atoms with Crippen molar-refractivity contribution in [3.05, 3.63) is 75.6 Å². The van der Waals surface area contributed by atoms with Gasteiger partial charge in [-0.1, -0.05) is 25.0 Å². The molecule has 0 aromatic heterocycles. The molecule has 4 aliphatic rings. The van der Waals surface area contributed by atoms with E-state index in [1.807, 2.05) is 19.1 Å². The largest absolute Gasteiger partial charge is 0.464 e. The van der Waals surface area contributed by atoms with Crippen LogP contribution in [0.2, 0.25) is 0 Å². The molecule has 5 heteroatoms. The van der Waals surface area contributed by atoms with Crippen molar-refractivity contribution < 1.29 is 23.4 Å². The summed E-state index contributed by atoms with van der Waals surface area (Å²) in [6.07, 6.45) is 7.32. The van der Waals surface area contributed by atoms with Gasteiger partial charge in [0.15, 0.2) is 5.78 Å². The minimum atomic E-state index is -0.618. The summed E-state index contributed by atoms with van der Waals surface area (Å²) >= 11 is 0. The predicted octanol–water partition coefficient (Wildman–Crippen LogP) is 6.32. The number of Topliss-reactive ketones (excluding diaryl/α,β-unsaturated/α-hetero) is 1. The van der Waals surface area contributed by atoms with Gasteiger partial charge in [0.25, 0.3) is 0 Å². The number of hydrogen-bond donors (Lipinski definition) is 1. The number of fused-ring (bicyclic) bond motifs is 4. The van der Waals surface area contributed by atoms with Gasteiger partial charge in [0.05, 0.1) is 12.9 Å². The summed E-state index contributed by atoms with van der Waals surface area (Å²) in [5.74, 6) is 0.663. The maximum Gasteiger partial charge on any atom is 0.163 e. The standard InChI is InChI=1S/C28H26F2O3/c1-14-19(22-11-23(29)17(12-31)10-24(22)30)5-6-20-26(14)16(8-15-2-3-15)4-7-25(32)27-21-9-18(21)13-33-28(20)27/h5-6,10-11,13,15-16,21,31H,2-4,7-9,12H2,1H3. The van der Waals surface area contributed by atoms with E-state index >= 15 is 0 Å². The van der Waals surface area contributed by atoms with Crippen LogP contribution in [0.3, 0.4) is 0 Å². The van der Waals surface area contributed by atoms with Crippen molar-refractivity contribution in [3.63, 3.8) is 0 Å². The van der Waals surface area contributed by atoms with E-state index in [2.05, 4.69) is 0 Å². The molecule has 3 nitrogen and oxygen atoms in total. The average molecular weight is 449 g/mol. The highest BCUT2D eigenvalue weighted by Crippen LogP contribution is 2.54. The Bertz CT molecular complexity index is 1250. The first-order valence-corrected chi connectivity index (χ1v) is 11.8. The summed E-state index contributed by atoms with van der Waals surface area (Å²) in [6, 6.07) is 5.99. The molecule has 2 aromatic rings. The molecule has 0 saturated heterocycles. The third kappa shape index (κ3) is 3.45. The van der Waals surface area contributed by atoms with Gasteiger partial charge in [-0.05, 0) is 72.4 Å². The summed E-state index contributed by atoms with van der Waals surface area (Å²) in [5, 5.41) is 9.30. The summed E-state index contributed by atoms with van der Waals surface area (Å²) in [7, 11) is 0. The quantitative estimate of drug-likeness (QED) is 0.595. The molecule has 2 fully saturated rings. The zero-order valence-corrected chi connectivity index (χ0v) is 18.6. The molecular formula is C28H26F2O3. The number of benzene rings is 2. The Morgan fingerprint density at radius 1 is 1.06 bits per heavy atom. The van der Waals surface area contributed by atoms with Crippen molar-refractivity contribution in [1.82, 2.24) is 0 Å². The van der Waals surface area contributed by atoms with E-state index in [0.29, 0.717) is 23.7 Å². The van der Waals surface area contributed by atoms with Gasteiger partial charge in [-0.25, -0.2) is 8.78 Å². The van der Waals surface area contributed by atoms with E-state index in [9.17, 15) is 18.7 Å². The third-order valence-electron chi connectivity index (χ3n) is 7.75.